The average Bonchev–Trinajstić information content (AvgIpc) is 2.11. The fourth-order valence-corrected chi connectivity index (χ4v) is 0.973. The first-order chi connectivity index (χ1) is 6.07. The van der Waals surface area contributed by atoms with Gasteiger partial charge in [0.25, 0.3) is 0 Å². The van der Waals surface area contributed by atoms with Gasteiger partial charge in [-0.25, -0.2) is 18.7 Å². The summed E-state index contributed by atoms with van der Waals surface area (Å²) in [6.45, 7) is -0.392. The van der Waals surface area contributed by atoms with Crippen molar-refractivity contribution in [1.29, 1.82) is 0 Å². The molecule has 6 heteroatoms. The van der Waals surface area contributed by atoms with Crippen LogP contribution in [0.1, 0.15) is 5.56 Å². The van der Waals surface area contributed by atoms with E-state index in [1.165, 1.54) is 0 Å². The molecule has 0 aliphatic rings. The molecule has 0 aliphatic carbocycles. The number of hydroxylamine groups is 1. The Bertz CT molecular complexity index is 332. The Labute approximate surface area is 76.9 Å². The summed E-state index contributed by atoms with van der Waals surface area (Å²) < 4.78 is 38.3. The normalized spacial score (nSPS) is 10.5. The minimum Gasteiger partial charge on any atom is -0.316 e. The highest BCUT2D eigenvalue weighted by Crippen LogP contribution is 2.23. The lowest BCUT2D eigenvalue weighted by molar-refractivity contribution is 0.159. The van der Waals surface area contributed by atoms with Gasteiger partial charge in [-0.3, -0.25) is 0 Å². The summed E-state index contributed by atoms with van der Waals surface area (Å²) in [5, 5.41) is 7.31. The molecule has 1 aromatic carbocycles. The molecular formula is C7H5ClF3NO. The zero-order chi connectivity index (χ0) is 10.0. The SMILES string of the molecule is ONCc1cc(F)c(Cl)c(F)c1F. The van der Waals surface area contributed by atoms with E-state index >= 15 is 0 Å². The van der Waals surface area contributed by atoms with Crippen molar-refractivity contribution in [1.82, 2.24) is 5.48 Å². The maximum Gasteiger partial charge on any atom is 0.180 e. The van der Waals surface area contributed by atoms with Gasteiger partial charge in [0.15, 0.2) is 11.6 Å². The van der Waals surface area contributed by atoms with Crippen molar-refractivity contribution in [3.8, 4) is 0 Å². The molecular weight excluding hydrogens is 207 g/mol. The van der Waals surface area contributed by atoms with Crippen LogP contribution in [0.2, 0.25) is 5.02 Å². The average molecular weight is 212 g/mol. The minimum atomic E-state index is -1.45. The van der Waals surface area contributed by atoms with Crippen LogP contribution >= 0.6 is 11.6 Å². The zero-order valence-corrected chi connectivity index (χ0v) is 7.00. The first-order valence-corrected chi connectivity index (χ1v) is 3.64. The predicted molar refractivity (Wildman–Crippen MR) is 40.0 cm³/mol. The molecule has 0 heterocycles. The molecule has 0 aromatic heterocycles. The Kier molecular flexibility index (Phi) is 3.13. The van der Waals surface area contributed by atoms with E-state index in [1.54, 1.807) is 5.48 Å². The van der Waals surface area contributed by atoms with Crippen molar-refractivity contribution >= 4 is 11.6 Å². The maximum absolute atomic E-state index is 12.9. The van der Waals surface area contributed by atoms with Gasteiger partial charge < -0.3 is 5.21 Å². The summed E-state index contributed by atoms with van der Waals surface area (Å²) in [6.07, 6.45) is 0. The molecule has 0 atom stereocenters. The summed E-state index contributed by atoms with van der Waals surface area (Å²) in [7, 11) is 0. The summed E-state index contributed by atoms with van der Waals surface area (Å²) in [4.78, 5) is 0. The minimum absolute atomic E-state index is 0.332. The van der Waals surface area contributed by atoms with Gasteiger partial charge in [-0.1, -0.05) is 11.6 Å². The van der Waals surface area contributed by atoms with Gasteiger partial charge in [0.05, 0.1) is 0 Å². The van der Waals surface area contributed by atoms with Gasteiger partial charge >= 0.3 is 0 Å². The Hall–Kier alpha value is -0.780. The van der Waals surface area contributed by atoms with Crippen LogP contribution in [0.5, 0.6) is 0 Å². The molecule has 72 valence electrons. The summed E-state index contributed by atoms with van der Waals surface area (Å²) in [5.74, 6) is -3.79. The molecule has 2 N–H and O–H groups in total. The van der Waals surface area contributed by atoms with E-state index in [-0.39, 0.29) is 5.56 Å². The van der Waals surface area contributed by atoms with E-state index in [4.69, 9.17) is 16.8 Å². The van der Waals surface area contributed by atoms with Crippen molar-refractivity contribution in [2.45, 2.75) is 6.54 Å². The van der Waals surface area contributed by atoms with Crippen LogP contribution in [0.25, 0.3) is 0 Å². The molecule has 0 unspecified atom stereocenters. The summed E-state index contributed by atoms with van der Waals surface area (Å²) >= 11 is 5.08. The first-order valence-electron chi connectivity index (χ1n) is 3.26. The van der Waals surface area contributed by atoms with E-state index in [1.807, 2.05) is 0 Å². The summed E-state index contributed by atoms with van der Waals surface area (Å²) in [6, 6.07) is 0.712. The van der Waals surface area contributed by atoms with Crippen LogP contribution < -0.4 is 5.48 Å². The number of hydrogen-bond acceptors (Lipinski definition) is 2. The van der Waals surface area contributed by atoms with Gasteiger partial charge in [0, 0.05) is 12.1 Å². The van der Waals surface area contributed by atoms with Gasteiger partial charge in [0.1, 0.15) is 10.8 Å². The second-order valence-corrected chi connectivity index (χ2v) is 2.67. The molecule has 0 saturated carbocycles. The molecule has 1 rings (SSSR count). The highest BCUT2D eigenvalue weighted by Gasteiger charge is 2.16. The van der Waals surface area contributed by atoms with Crippen molar-refractivity contribution in [2.24, 2.45) is 0 Å². The van der Waals surface area contributed by atoms with Gasteiger partial charge in [-0.05, 0) is 6.07 Å². The number of hydrogen-bond donors (Lipinski definition) is 2. The molecule has 2 nitrogen and oxygen atoms in total. The number of rotatable bonds is 2. The Morgan fingerprint density at radius 1 is 1.31 bits per heavy atom. The predicted octanol–water partition coefficient (Wildman–Crippen LogP) is 2.24. The van der Waals surface area contributed by atoms with Crippen molar-refractivity contribution < 1.29 is 18.4 Å². The molecule has 0 amide bonds. The topological polar surface area (TPSA) is 32.3 Å². The lowest BCUT2D eigenvalue weighted by atomic mass is 10.2. The second kappa shape index (κ2) is 3.95. The van der Waals surface area contributed by atoms with Crippen molar-refractivity contribution in [3.05, 3.63) is 34.1 Å². The van der Waals surface area contributed by atoms with E-state index in [9.17, 15) is 13.2 Å². The lowest BCUT2D eigenvalue weighted by Gasteiger charge is -2.04. The third-order valence-electron chi connectivity index (χ3n) is 1.45. The third kappa shape index (κ3) is 1.93. The monoisotopic (exact) mass is 211 g/mol. The van der Waals surface area contributed by atoms with Gasteiger partial charge in [-0.15, -0.1) is 0 Å². The van der Waals surface area contributed by atoms with Crippen LogP contribution in [-0.2, 0) is 6.54 Å². The van der Waals surface area contributed by atoms with E-state index < -0.39 is 29.0 Å². The maximum atomic E-state index is 12.9. The van der Waals surface area contributed by atoms with E-state index in [0.29, 0.717) is 6.07 Å². The number of nitrogens with one attached hydrogen (secondary N) is 1. The van der Waals surface area contributed by atoms with Crippen molar-refractivity contribution in [2.75, 3.05) is 0 Å². The third-order valence-corrected chi connectivity index (χ3v) is 1.79. The summed E-state index contributed by atoms with van der Waals surface area (Å²) in [5.41, 5.74) is 1.25. The highest BCUT2D eigenvalue weighted by atomic mass is 35.5. The molecule has 0 saturated heterocycles. The Morgan fingerprint density at radius 2 is 1.92 bits per heavy atom. The molecule has 1 aromatic rings. The number of benzene rings is 1. The Morgan fingerprint density at radius 3 is 2.46 bits per heavy atom. The fraction of sp³-hybridized carbons (Fsp3) is 0.143. The van der Waals surface area contributed by atoms with Crippen LogP contribution in [0.4, 0.5) is 13.2 Å². The number of halogens is 4. The molecule has 0 fully saturated rings. The first kappa shape index (κ1) is 10.3. The Balaban J connectivity index is 3.24. The van der Waals surface area contributed by atoms with Crippen LogP contribution in [0.3, 0.4) is 0 Å². The molecule has 0 bridgehead atoms. The molecule has 0 radical (unpaired) electrons. The largest absolute Gasteiger partial charge is 0.316 e. The molecule has 0 aliphatic heterocycles. The van der Waals surface area contributed by atoms with Crippen LogP contribution in [0, 0.1) is 17.5 Å². The quantitative estimate of drug-likeness (QED) is 0.447. The lowest BCUT2D eigenvalue weighted by Crippen LogP contribution is -2.09. The van der Waals surface area contributed by atoms with Crippen LogP contribution in [-0.4, -0.2) is 5.21 Å². The smallest absolute Gasteiger partial charge is 0.180 e. The highest BCUT2D eigenvalue weighted by molar-refractivity contribution is 6.30. The standard InChI is InChI=1S/C7H5ClF3NO/c8-5-4(9)1-3(2-12-13)6(10)7(5)11/h1,12-13H,2H2. The van der Waals surface area contributed by atoms with E-state index in [2.05, 4.69) is 0 Å². The van der Waals surface area contributed by atoms with Gasteiger partial charge in [0.2, 0.25) is 0 Å². The van der Waals surface area contributed by atoms with E-state index in [0.717, 1.165) is 0 Å². The van der Waals surface area contributed by atoms with Gasteiger partial charge in [-0.2, -0.15) is 0 Å². The second-order valence-electron chi connectivity index (χ2n) is 2.29. The van der Waals surface area contributed by atoms with Crippen LogP contribution in [0.15, 0.2) is 6.07 Å². The molecule has 0 spiro atoms. The molecule has 13 heavy (non-hydrogen) atoms. The van der Waals surface area contributed by atoms with Crippen molar-refractivity contribution in [3.63, 3.8) is 0 Å². The zero-order valence-electron chi connectivity index (χ0n) is 6.24. The fourth-order valence-electron chi connectivity index (χ4n) is 0.836.